The lowest BCUT2D eigenvalue weighted by Crippen LogP contribution is -2.28. The van der Waals surface area contributed by atoms with E-state index in [-0.39, 0.29) is 5.60 Å². The minimum Gasteiger partial charge on any atom is -0.376 e. The second-order valence-electron chi connectivity index (χ2n) is 4.80. The van der Waals surface area contributed by atoms with E-state index in [2.05, 4.69) is 27.7 Å². The predicted molar refractivity (Wildman–Crippen MR) is 68.3 cm³/mol. The third-order valence-corrected chi connectivity index (χ3v) is 3.11. The molecule has 0 aromatic heterocycles. The van der Waals surface area contributed by atoms with E-state index in [9.17, 15) is 0 Å². The molecule has 0 aliphatic carbocycles. The van der Waals surface area contributed by atoms with Crippen molar-refractivity contribution in [1.82, 2.24) is 0 Å². The fraction of sp³-hybridized carbons (Fsp3) is 1.00. The van der Waals surface area contributed by atoms with Crippen molar-refractivity contribution >= 4 is 0 Å². The van der Waals surface area contributed by atoms with E-state index in [1.54, 1.807) is 0 Å². The van der Waals surface area contributed by atoms with Crippen LogP contribution in [0.25, 0.3) is 0 Å². The van der Waals surface area contributed by atoms with Crippen molar-refractivity contribution in [3.05, 3.63) is 0 Å². The van der Waals surface area contributed by atoms with Gasteiger partial charge in [0.2, 0.25) is 0 Å². The number of hydrogen-bond donors (Lipinski definition) is 0. The molecule has 0 aliphatic heterocycles. The molecule has 0 fully saturated rings. The highest BCUT2D eigenvalue weighted by Gasteiger charge is 2.22. The highest BCUT2D eigenvalue weighted by atomic mass is 16.5. The maximum absolute atomic E-state index is 5.92. The van der Waals surface area contributed by atoms with Gasteiger partial charge in [-0.2, -0.15) is 0 Å². The van der Waals surface area contributed by atoms with Crippen molar-refractivity contribution in [3.8, 4) is 0 Å². The van der Waals surface area contributed by atoms with Gasteiger partial charge in [0.05, 0.1) is 5.60 Å². The highest BCUT2D eigenvalue weighted by molar-refractivity contribution is 4.75. The monoisotopic (exact) mass is 214 g/mol. The minimum atomic E-state index is 0.152. The van der Waals surface area contributed by atoms with Gasteiger partial charge >= 0.3 is 0 Å². The van der Waals surface area contributed by atoms with E-state index >= 15 is 0 Å². The molecule has 0 saturated carbocycles. The molecule has 92 valence electrons. The SMILES string of the molecule is CCCCCC(C)(CCCCC)OCC. The van der Waals surface area contributed by atoms with Crippen LogP contribution in [-0.4, -0.2) is 12.2 Å². The van der Waals surface area contributed by atoms with Gasteiger partial charge in [0.15, 0.2) is 0 Å². The third-order valence-electron chi connectivity index (χ3n) is 3.11. The molecule has 0 aromatic carbocycles. The quantitative estimate of drug-likeness (QED) is 0.468. The standard InChI is InChI=1S/C14H30O/c1-5-8-10-12-14(4,15-7-3)13-11-9-6-2/h5-13H2,1-4H3. The van der Waals surface area contributed by atoms with Gasteiger partial charge < -0.3 is 4.74 Å². The van der Waals surface area contributed by atoms with Crippen LogP contribution in [0.1, 0.15) is 79.1 Å². The van der Waals surface area contributed by atoms with Crippen molar-refractivity contribution in [1.29, 1.82) is 0 Å². The summed E-state index contributed by atoms with van der Waals surface area (Å²) in [4.78, 5) is 0. The van der Waals surface area contributed by atoms with Crippen LogP contribution in [-0.2, 0) is 4.74 Å². The van der Waals surface area contributed by atoms with Gasteiger partial charge in [-0.1, -0.05) is 52.4 Å². The molecule has 0 aromatic rings. The lowest BCUT2D eigenvalue weighted by molar-refractivity contribution is -0.0402. The normalized spacial score (nSPS) is 12.0. The molecule has 0 heterocycles. The molecule has 0 atom stereocenters. The summed E-state index contributed by atoms with van der Waals surface area (Å²) in [5.74, 6) is 0. The average Bonchev–Trinajstić information content (AvgIpc) is 2.19. The Morgan fingerprint density at radius 3 is 1.60 bits per heavy atom. The zero-order chi connectivity index (χ0) is 11.6. The Morgan fingerprint density at radius 1 is 0.800 bits per heavy atom. The summed E-state index contributed by atoms with van der Waals surface area (Å²) in [5.41, 5.74) is 0.152. The first kappa shape index (κ1) is 15.0. The Bertz CT molecular complexity index is 121. The van der Waals surface area contributed by atoms with Gasteiger partial charge in [-0.3, -0.25) is 0 Å². The molecule has 0 radical (unpaired) electrons. The van der Waals surface area contributed by atoms with Crippen LogP contribution >= 0.6 is 0 Å². The summed E-state index contributed by atoms with van der Waals surface area (Å²) in [6, 6.07) is 0. The van der Waals surface area contributed by atoms with Gasteiger partial charge in [0.25, 0.3) is 0 Å². The van der Waals surface area contributed by atoms with E-state index in [4.69, 9.17) is 4.74 Å². The number of rotatable bonds is 10. The van der Waals surface area contributed by atoms with Crippen molar-refractivity contribution in [2.45, 2.75) is 84.7 Å². The first-order chi connectivity index (χ1) is 7.18. The molecule has 0 rings (SSSR count). The Kier molecular flexibility index (Phi) is 9.18. The topological polar surface area (TPSA) is 9.23 Å². The summed E-state index contributed by atoms with van der Waals surface area (Å²) >= 11 is 0. The number of unbranched alkanes of at least 4 members (excludes halogenated alkanes) is 4. The molecular formula is C14H30O. The molecule has 0 unspecified atom stereocenters. The Hall–Kier alpha value is -0.0400. The smallest absolute Gasteiger partial charge is 0.0654 e. The van der Waals surface area contributed by atoms with Gasteiger partial charge in [0, 0.05) is 6.61 Å². The molecule has 0 aliphatic rings. The molecule has 1 heteroatoms. The molecule has 0 amide bonds. The van der Waals surface area contributed by atoms with Crippen LogP contribution < -0.4 is 0 Å². The van der Waals surface area contributed by atoms with Crippen LogP contribution in [0.2, 0.25) is 0 Å². The summed E-state index contributed by atoms with van der Waals surface area (Å²) in [6.07, 6.45) is 10.4. The second-order valence-corrected chi connectivity index (χ2v) is 4.80. The highest BCUT2D eigenvalue weighted by Crippen LogP contribution is 2.25. The Morgan fingerprint density at radius 2 is 1.27 bits per heavy atom. The lowest BCUT2D eigenvalue weighted by Gasteiger charge is -2.29. The molecule has 0 spiro atoms. The van der Waals surface area contributed by atoms with E-state index in [1.807, 2.05) is 0 Å². The van der Waals surface area contributed by atoms with Crippen molar-refractivity contribution < 1.29 is 4.74 Å². The van der Waals surface area contributed by atoms with Crippen LogP contribution in [0.4, 0.5) is 0 Å². The van der Waals surface area contributed by atoms with E-state index in [0.29, 0.717) is 0 Å². The zero-order valence-electron chi connectivity index (χ0n) is 11.3. The summed E-state index contributed by atoms with van der Waals surface area (Å²) in [5, 5.41) is 0. The van der Waals surface area contributed by atoms with E-state index in [0.717, 1.165) is 6.61 Å². The van der Waals surface area contributed by atoms with E-state index < -0.39 is 0 Å². The largest absolute Gasteiger partial charge is 0.376 e. The number of hydrogen-bond acceptors (Lipinski definition) is 1. The van der Waals surface area contributed by atoms with Crippen LogP contribution in [0.5, 0.6) is 0 Å². The molecule has 15 heavy (non-hydrogen) atoms. The average molecular weight is 214 g/mol. The predicted octanol–water partition coefficient (Wildman–Crippen LogP) is 4.94. The maximum Gasteiger partial charge on any atom is 0.0654 e. The van der Waals surface area contributed by atoms with E-state index in [1.165, 1.54) is 51.4 Å². The minimum absolute atomic E-state index is 0.152. The molecule has 0 saturated heterocycles. The second kappa shape index (κ2) is 9.21. The molecule has 0 N–H and O–H groups in total. The van der Waals surface area contributed by atoms with Crippen molar-refractivity contribution in [3.63, 3.8) is 0 Å². The zero-order valence-corrected chi connectivity index (χ0v) is 11.3. The van der Waals surface area contributed by atoms with Gasteiger partial charge in [0.1, 0.15) is 0 Å². The van der Waals surface area contributed by atoms with Crippen molar-refractivity contribution in [2.24, 2.45) is 0 Å². The Labute approximate surface area is 96.6 Å². The molecule has 0 bridgehead atoms. The van der Waals surface area contributed by atoms with Crippen LogP contribution in [0, 0.1) is 0 Å². The van der Waals surface area contributed by atoms with Gasteiger partial charge in [-0.15, -0.1) is 0 Å². The molecule has 1 nitrogen and oxygen atoms in total. The lowest BCUT2D eigenvalue weighted by atomic mass is 9.92. The number of ether oxygens (including phenoxy) is 1. The fourth-order valence-electron chi connectivity index (χ4n) is 2.12. The Balaban J connectivity index is 3.83. The van der Waals surface area contributed by atoms with Crippen LogP contribution in [0.3, 0.4) is 0 Å². The summed E-state index contributed by atoms with van der Waals surface area (Å²) in [7, 11) is 0. The summed E-state index contributed by atoms with van der Waals surface area (Å²) < 4.78 is 5.92. The molecular weight excluding hydrogens is 184 g/mol. The van der Waals surface area contributed by atoms with Gasteiger partial charge in [-0.25, -0.2) is 0 Å². The first-order valence-electron chi connectivity index (χ1n) is 6.82. The first-order valence-corrected chi connectivity index (χ1v) is 6.82. The third kappa shape index (κ3) is 7.84. The summed E-state index contributed by atoms with van der Waals surface area (Å²) in [6.45, 7) is 9.78. The maximum atomic E-state index is 5.92. The van der Waals surface area contributed by atoms with Gasteiger partial charge in [-0.05, 0) is 26.7 Å². The fourth-order valence-corrected chi connectivity index (χ4v) is 2.12. The van der Waals surface area contributed by atoms with Crippen molar-refractivity contribution in [2.75, 3.05) is 6.61 Å². The van der Waals surface area contributed by atoms with Crippen LogP contribution in [0.15, 0.2) is 0 Å².